The van der Waals surface area contributed by atoms with Crippen molar-refractivity contribution < 1.29 is 33.6 Å². The van der Waals surface area contributed by atoms with Gasteiger partial charge in [-0.3, -0.25) is 4.79 Å². The molecule has 0 aliphatic carbocycles. The number of hydrogen-bond donors (Lipinski definition) is 0. The number of fused-ring (bicyclic) bond motifs is 1. The number of ketones is 1. The van der Waals surface area contributed by atoms with E-state index in [-0.39, 0.29) is 28.7 Å². The molecule has 0 atom stereocenters. The van der Waals surface area contributed by atoms with Gasteiger partial charge in [-0.15, -0.1) is 0 Å². The molecule has 0 radical (unpaired) electrons. The predicted octanol–water partition coefficient (Wildman–Crippen LogP) is 3.35. The Kier molecular flexibility index (Phi) is 7.69. The number of carboxylic acids is 1. The number of carbonyl (C=O) groups is 2. The summed E-state index contributed by atoms with van der Waals surface area (Å²) in [6, 6.07) is 14.8. The van der Waals surface area contributed by atoms with Crippen LogP contribution in [0.25, 0.3) is 16.6 Å². The molecule has 0 spiro atoms. The number of methoxy groups -OCH3 is 4. The van der Waals surface area contributed by atoms with Gasteiger partial charge in [0, 0.05) is 17.6 Å². The Labute approximate surface area is 217 Å². The van der Waals surface area contributed by atoms with Crippen LogP contribution in [0.4, 0.5) is 0 Å². The molecular weight excluding hydrogens is 496 g/mol. The number of benzene rings is 3. The molecule has 0 saturated carbocycles. The number of aromatic nitrogens is 2. The first kappa shape index (κ1) is 25.6. The fourth-order valence-electron chi connectivity index (χ4n) is 4.07. The average molecular weight is 520 g/mol. The molecule has 1 aromatic heterocycles. The highest BCUT2D eigenvalue weighted by Gasteiger charge is 2.24. The van der Waals surface area contributed by atoms with Crippen molar-refractivity contribution in [1.29, 1.82) is 0 Å². The van der Waals surface area contributed by atoms with Gasteiger partial charge in [0.2, 0.25) is 5.75 Å². The molecule has 0 saturated heterocycles. The van der Waals surface area contributed by atoms with Crippen LogP contribution >= 0.6 is 11.7 Å². The monoisotopic (exact) mass is 519 g/mol. The topological polar surface area (TPSA) is 120 Å². The number of Topliss-reactive ketones (excluding diaryl/α,β-unsaturated/α-hetero) is 1. The highest BCUT2D eigenvalue weighted by atomic mass is 32.1. The molecule has 0 aliphatic rings. The van der Waals surface area contributed by atoms with E-state index >= 15 is 0 Å². The number of para-hydroxylation sites is 1. The summed E-state index contributed by atoms with van der Waals surface area (Å²) in [4.78, 5) is 26.5. The third kappa shape index (κ3) is 5.10. The molecule has 0 amide bonds. The zero-order chi connectivity index (χ0) is 26.5. The van der Waals surface area contributed by atoms with Crippen molar-refractivity contribution in [2.45, 2.75) is 6.42 Å². The number of ether oxygens (including phenoxy) is 4. The van der Waals surface area contributed by atoms with Gasteiger partial charge in [-0.1, -0.05) is 18.2 Å². The second-order valence-electron chi connectivity index (χ2n) is 7.85. The van der Waals surface area contributed by atoms with Gasteiger partial charge in [0.05, 0.1) is 51.7 Å². The normalized spacial score (nSPS) is 11.6. The van der Waals surface area contributed by atoms with E-state index in [1.807, 2.05) is 0 Å². The minimum atomic E-state index is -1.51. The number of nitrogens with zero attached hydrogens (tertiary/aromatic N) is 2. The Bertz CT molecular complexity index is 1480. The SMILES string of the molecule is COc1ccccc1C(=O)/C(Cc1cc(OC)c(OC)c(OC)c1)=C(\C(=O)[O-])c1ccc2nsnc2c1. The summed E-state index contributed by atoms with van der Waals surface area (Å²) in [5.74, 6) is -0.615. The van der Waals surface area contributed by atoms with Crippen LogP contribution in [-0.4, -0.2) is 48.9 Å². The molecule has 37 heavy (non-hydrogen) atoms. The lowest BCUT2D eigenvalue weighted by Crippen LogP contribution is -2.27. The van der Waals surface area contributed by atoms with Gasteiger partial charge in [-0.05, 0) is 47.5 Å². The van der Waals surface area contributed by atoms with E-state index in [0.29, 0.717) is 39.6 Å². The molecular formula is C27H23N2O7S-. The van der Waals surface area contributed by atoms with Crippen LogP contribution in [0.3, 0.4) is 0 Å². The predicted molar refractivity (Wildman–Crippen MR) is 136 cm³/mol. The maximum atomic E-state index is 14.0. The largest absolute Gasteiger partial charge is 0.545 e. The maximum absolute atomic E-state index is 14.0. The van der Waals surface area contributed by atoms with Crippen LogP contribution in [0, 0.1) is 0 Å². The number of rotatable bonds is 10. The summed E-state index contributed by atoms with van der Waals surface area (Å²) in [7, 11) is 5.87. The van der Waals surface area contributed by atoms with Crippen LogP contribution in [0.15, 0.2) is 60.2 Å². The Morgan fingerprint density at radius 2 is 1.46 bits per heavy atom. The fraction of sp³-hybridized carbons (Fsp3) is 0.185. The Hall–Kier alpha value is -4.44. The maximum Gasteiger partial charge on any atom is 0.203 e. The third-order valence-corrected chi connectivity index (χ3v) is 6.34. The number of aliphatic carboxylic acids is 1. The molecule has 1 heterocycles. The minimum Gasteiger partial charge on any atom is -0.545 e. The summed E-state index contributed by atoms with van der Waals surface area (Å²) < 4.78 is 30.0. The lowest BCUT2D eigenvalue weighted by atomic mass is 9.89. The summed E-state index contributed by atoms with van der Waals surface area (Å²) in [5.41, 5.74) is 1.89. The number of carbonyl (C=O) groups excluding carboxylic acids is 2. The third-order valence-electron chi connectivity index (χ3n) is 5.78. The average Bonchev–Trinajstić information content (AvgIpc) is 3.39. The molecule has 3 aromatic carbocycles. The Balaban J connectivity index is 1.97. The highest BCUT2D eigenvalue weighted by Crippen LogP contribution is 2.39. The zero-order valence-corrected chi connectivity index (χ0v) is 21.4. The summed E-state index contributed by atoms with van der Waals surface area (Å²) in [5, 5.41) is 12.6. The lowest BCUT2D eigenvalue weighted by Gasteiger charge is -2.19. The second-order valence-corrected chi connectivity index (χ2v) is 8.38. The number of allylic oxidation sites excluding steroid dienone is 1. The smallest absolute Gasteiger partial charge is 0.203 e. The summed E-state index contributed by atoms with van der Waals surface area (Å²) >= 11 is 1.01. The lowest BCUT2D eigenvalue weighted by molar-refractivity contribution is -0.295. The van der Waals surface area contributed by atoms with Crippen molar-refractivity contribution in [2.75, 3.05) is 28.4 Å². The first-order valence-electron chi connectivity index (χ1n) is 11.1. The van der Waals surface area contributed by atoms with Crippen LogP contribution in [0.5, 0.6) is 23.0 Å². The van der Waals surface area contributed by atoms with E-state index in [4.69, 9.17) is 18.9 Å². The Morgan fingerprint density at radius 1 is 0.811 bits per heavy atom. The molecule has 190 valence electrons. The van der Waals surface area contributed by atoms with Crippen molar-refractivity contribution >= 4 is 40.1 Å². The van der Waals surface area contributed by atoms with Gasteiger partial charge in [0.1, 0.15) is 16.8 Å². The standard InChI is InChI=1S/C27H24N2O7S/c1-33-21-8-6-5-7-17(21)25(30)18(11-15-12-22(34-2)26(36-4)23(13-15)35-3)24(27(31)32)16-9-10-19-20(14-16)29-37-28-19/h5-10,12-14H,11H2,1-4H3,(H,31,32)/p-1/b24-18-. The van der Waals surface area contributed by atoms with Gasteiger partial charge in [-0.25, -0.2) is 0 Å². The van der Waals surface area contributed by atoms with Crippen LogP contribution < -0.4 is 24.1 Å². The van der Waals surface area contributed by atoms with Crippen molar-refractivity contribution in [3.63, 3.8) is 0 Å². The van der Waals surface area contributed by atoms with Gasteiger partial charge in [0.25, 0.3) is 0 Å². The first-order valence-corrected chi connectivity index (χ1v) is 11.8. The van der Waals surface area contributed by atoms with Gasteiger partial charge >= 0.3 is 0 Å². The first-order chi connectivity index (χ1) is 17.9. The molecule has 0 fully saturated rings. The summed E-state index contributed by atoms with van der Waals surface area (Å²) in [6.07, 6.45) is -0.0791. The zero-order valence-electron chi connectivity index (χ0n) is 20.6. The molecule has 9 nitrogen and oxygen atoms in total. The molecule has 4 rings (SSSR count). The second kappa shape index (κ2) is 11.1. The van der Waals surface area contributed by atoms with E-state index in [2.05, 4.69) is 8.75 Å². The van der Waals surface area contributed by atoms with Gasteiger partial charge in [0.15, 0.2) is 17.3 Å². The molecule has 0 N–H and O–H groups in total. The molecule has 0 aliphatic heterocycles. The van der Waals surface area contributed by atoms with E-state index in [1.165, 1.54) is 28.4 Å². The van der Waals surface area contributed by atoms with E-state index in [0.717, 1.165) is 11.7 Å². The van der Waals surface area contributed by atoms with E-state index in [9.17, 15) is 14.7 Å². The highest BCUT2D eigenvalue weighted by molar-refractivity contribution is 7.00. The number of hydrogen-bond acceptors (Lipinski definition) is 10. The molecule has 4 aromatic rings. The quantitative estimate of drug-likeness (QED) is 0.229. The van der Waals surface area contributed by atoms with Crippen molar-refractivity contribution in [1.82, 2.24) is 8.75 Å². The van der Waals surface area contributed by atoms with Crippen LogP contribution in [0.2, 0.25) is 0 Å². The van der Waals surface area contributed by atoms with Crippen LogP contribution in [-0.2, 0) is 11.2 Å². The minimum absolute atomic E-state index is 0.0127. The fourth-order valence-corrected chi connectivity index (χ4v) is 4.59. The van der Waals surface area contributed by atoms with Gasteiger partial charge < -0.3 is 28.8 Å². The molecule has 0 bridgehead atoms. The Morgan fingerprint density at radius 3 is 2.08 bits per heavy atom. The number of carboxylic acid groups (broad SMARTS) is 1. The van der Waals surface area contributed by atoms with Gasteiger partial charge in [-0.2, -0.15) is 8.75 Å². The van der Waals surface area contributed by atoms with E-state index < -0.39 is 11.8 Å². The summed E-state index contributed by atoms with van der Waals surface area (Å²) in [6.45, 7) is 0. The van der Waals surface area contributed by atoms with Crippen LogP contribution in [0.1, 0.15) is 21.5 Å². The van der Waals surface area contributed by atoms with Crippen molar-refractivity contribution in [3.05, 3.63) is 76.9 Å². The molecule has 10 heteroatoms. The van der Waals surface area contributed by atoms with Crippen molar-refractivity contribution in [3.8, 4) is 23.0 Å². The molecule has 0 unspecified atom stereocenters. The van der Waals surface area contributed by atoms with Crippen molar-refractivity contribution in [2.24, 2.45) is 0 Å². The van der Waals surface area contributed by atoms with E-state index in [1.54, 1.807) is 54.6 Å².